The van der Waals surface area contributed by atoms with Gasteiger partial charge in [0.2, 0.25) is 0 Å². The van der Waals surface area contributed by atoms with E-state index in [1.807, 2.05) is 18.2 Å². The van der Waals surface area contributed by atoms with E-state index in [9.17, 15) is 0 Å². The Balaban J connectivity index is 1.44. The zero-order valence-corrected chi connectivity index (χ0v) is 23.4. The summed E-state index contributed by atoms with van der Waals surface area (Å²) in [5.74, 6) is 0. The molecule has 2 nitrogen and oxygen atoms in total. The third-order valence-electron chi connectivity index (χ3n) is 8.14. The summed E-state index contributed by atoms with van der Waals surface area (Å²) < 4.78 is 0. The van der Waals surface area contributed by atoms with Crippen molar-refractivity contribution < 1.29 is 0 Å². The first-order valence-electron chi connectivity index (χ1n) is 14.5. The van der Waals surface area contributed by atoms with Gasteiger partial charge in [0.25, 0.3) is 0 Å². The van der Waals surface area contributed by atoms with E-state index in [1.165, 1.54) is 54.6 Å². The van der Waals surface area contributed by atoms with Crippen molar-refractivity contribution in [1.82, 2.24) is 5.32 Å². The molecule has 7 aromatic carbocycles. The van der Waals surface area contributed by atoms with Crippen LogP contribution in [0.1, 0.15) is 22.9 Å². The smallest absolute Gasteiger partial charge is 0.101 e. The second-order valence-electron chi connectivity index (χ2n) is 10.7. The summed E-state index contributed by atoms with van der Waals surface area (Å²) in [5, 5.41) is 11.1. The van der Waals surface area contributed by atoms with Gasteiger partial charge in [-0.25, -0.2) is 0 Å². The van der Waals surface area contributed by atoms with Crippen molar-refractivity contribution in [3.63, 3.8) is 0 Å². The number of rotatable bonds is 7. The molecule has 3 N–H and O–H groups in total. The van der Waals surface area contributed by atoms with Gasteiger partial charge in [-0.2, -0.15) is 0 Å². The predicted molar refractivity (Wildman–Crippen MR) is 179 cm³/mol. The van der Waals surface area contributed by atoms with Crippen LogP contribution in [-0.4, -0.2) is 0 Å². The Labute approximate surface area is 246 Å². The number of hydrogen-bond donors (Lipinski definition) is 2. The molecule has 0 saturated carbocycles. The molecule has 0 radical (unpaired) electrons. The molecule has 1 unspecified atom stereocenters. The van der Waals surface area contributed by atoms with Crippen molar-refractivity contribution in [2.24, 2.45) is 5.73 Å². The molecule has 0 aliphatic heterocycles. The minimum atomic E-state index is -0.365. The fourth-order valence-corrected chi connectivity index (χ4v) is 6.06. The van der Waals surface area contributed by atoms with Crippen LogP contribution >= 0.6 is 0 Å². The molecule has 0 aliphatic carbocycles. The van der Waals surface area contributed by atoms with Gasteiger partial charge in [0.1, 0.15) is 6.17 Å². The Morgan fingerprint density at radius 2 is 1.21 bits per heavy atom. The third-order valence-corrected chi connectivity index (χ3v) is 8.14. The quantitative estimate of drug-likeness (QED) is 0.120. The lowest BCUT2D eigenvalue weighted by Gasteiger charge is -2.22. The average molecular weight is 541 g/mol. The standard InChI is InChI=1S/C40H32N2/c41-40(31-17-5-2-6-18-31)42-38(26-24-29-15-7-10-20-33(29)28-13-3-1-4-14-28)39-35-22-12-9-19-32(35)27-37-34-21-11-8-16-30(34)23-25-36(37)39/h1-23,25-27,40,42H,24,41H2/b38-26-. The maximum absolute atomic E-state index is 6.85. The Morgan fingerprint density at radius 3 is 2.02 bits per heavy atom. The minimum absolute atomic E-state index is 0.365. The second kappa shape index (κ2) is 11.4. The first kappa shape index (κ1) is 25.8. The number of nitrogens with two attached hydrogens (primary N) is 1. The van der Waals surface area contributed by atoms with Crippen LogP contribution in [0.2, 0.25) is 0 Å². The molecule has 1 atom stereocenters. The summed E-state index contributed by atoms with van der Waals surface area (Å²) in [4.78, 5) is 0. The SMILES string of the molecule is NC(N/C(=C\Cc1ccccc1-c1ccccc1)c1c2ccccc2cc2c1ccc1ccccc12)c1ccccc1. The number of benzene rings is 7. The van der Waals surface area contributed by atoms with Crippen molar-refractivity contribution in [2.75, 3.05) is 0 Å². The van der Waals surface area contributed by atoms with Crippen molar-refractivity contribution in [2.45, 2.75) is 12.6 Å². The fraction of sp³-hybridized carbons (Fsp3) is 0.0500. The molecule has 7 rings (SSSR count). The molecule has 42 heavy (non-hydrogen) atoms. The van der Waals surface area contributed by atoms with Gasteiger partial charge < -0.3 is 11.1 Å². The third kappa shape index (κ3) is 4.94. The molecule has 0 fully saturated rings. The maximum Gasteiger partial charge on any atom is 0.101 e. The van der Waals surface area contributed by atoms with Crippen LogP contribution in [0, 0.1) is 0 Å². The van der Waals surface area contributed by atoms with E-state index in [0.29, 0.717) is 0 Å². The fourth-order valence-electron chi connectivity index (χ4n) is 6.06. The molecule has 0 aliphatic rings. The highest BCUT2D eigenvalue weighted by atomic mass is 15.0. The van der Waals surface area contributed by atoms with E-state index in [0.717, 1.165) is 17.7 Å². The summed E-state index contributed by atoms with van der Waals surface area (Å²) in [6, 6.07) is 53.7. The van der Waals surface area contributed by atoms with Gasteiger partial charge >= 0.3 is 0 Å². The molecule has 2 heteroatoms. The topological polar surface area (TPSA) is 38.0 Å². The Morgan fingerprint density at radius 1 is 0.571 bits per heavy atom. The lowest BCUT2D eigenvalue weighted by Crippen LogP contribution is -2.27. The molecular weight excluding hydrogens is 508 g/mol. The normalized spacial score (nSPS) is 12.5. The Hall–Kier alpha value is -5.18. The average Bonchev–Trinajstić information content (AvgIpc) is 3.06. The molecular formula is C40H32N2. The highest BCUT2D eigenvalue weighted by Crippen LogP contribution is 2.37. The molecule has 202 valence electrons. The maximum atomic E-state index is 6.85. The van der Waals surface area contributed by atoms with Gasteiger partial charge in [0.05, 0.1) is 0 Å². The lowest BCUT2D eigenvalue weighted by atomic mass is 9.90. The van der Waals surface area contributed by atoms with Gasteiger partial charge in [-0.1, -0.05) is 152 Å². The van der Waals surface area contributed by atoms with Crippen LogP contribution in [0.3, 0.4) is 0 Å². The number of fused-ring (bicyclic) bond motifs is 4. The molecule has 0 saturated heterocycles. The summed E-state index contributed by atoms with van der Waals surface area (Å²) in [6.07, 6.45) is 2.71. The summed E-state index contributed by atoms with van der Waals surface area (Å²) in [7, 11) is 0. The molecule has 0 amide bonds. The molecule has 0 heterocycles. The second-order valence-corrected chi connectivity index (χ2v) is 10.7. The van der Waals surface area contributed by atoms with Crippen LogP contribution in [0.4, 0.5) is 0 Å². The van der Waals surface area contributed by atoms with Gasteiger partial charge in [-0.3, -0.25) is 0 Å². The van der Waals surface area contributed by atoms with Crippen LogP contribution in [0.5, 0.6) is 0 Å². The first-order valence-corrected chi connectivity index (χ1v) is 14.5. The van der Waals surface area contributed by atoms with E-state index >= 15 is 0 Å². The molecule has 0 bridgehead atoms. The molecule has 7 aromatic rings. The van der Waals surface area contributed by atoms with Gasteiger partial charge in [-0.05, 0) is 67.1 Å². The summed E-state index contributed by atoms with van der Waals surface area (Å²) in [5.41, 5.74) is 13.8. The van der Waals surface area contributed by atoms with E-state index < -0.39 is 0 Å². The van der Waals surface area contributed by atoms with Crippen molar-refractivity contribution >= 4 is 38.0 Å². The summed E-state index contributed by atoms with van der Waals surface area (Å²) >= 11 is 0. The van der Waals surface area contributed by atoms with E-state index in [-0.39, 0.29) is 6.17 Å². The van der Waals surface area contributed by atoms with Crippen molar-refractivity contribution in [3.8, 4) is 11.1 Å². The highest BCUT2D eigenvalue weighted by molar-refractivity contribution is 6.17. The van der Waals surface area contributed by atoms with Crippen LogP contribution in [0.25, 0.3) is 49.1 Å². The zero-order chi connectivity index (χ0) is 28.3. The zero-order valence-electron chi connectivity index (χ0n) is 23.4. The van der Waals surface area contributed by atoms with Crippen molar-refractivity contribution in [3.05, 3.63) is 174 Å². The van der Waals surface area contributed by atoms with Gasteiger partial charge in [-0.15, -0.1) is 0 Å². The number of nitrogens with one attached hydrogen (secondary N) is 1. The monoisotopic (exact) mass is 540 g/mol. The van der Waals surface area contributed by atoms with Gasteiger partial charge in [0.15, 0.2) is 0 Å². The van der Waals surface area contributed by atoms with Crippen LogP contribution < -0.4 is 11.1 Å². The van der Waals surface area contributed by atoms with E-state index in [4.69, 9.17) is 5.73 Å². The van der Waals surface area contributed by atoms with E-state index in [2.05, 4.69) is 145 Å². The molecule has 0 aromatic heterocycles. The summed E-state index contributed by atoms with van der Waals surface area (Å²) in [6.45, 7) is 0. The number of allylic oxidation sites excluding steroid dienone is 1. The molecule has 0 spiro atoms. The Kier molecular flexibility index (Phi) is 6.97. The van der Waals surface area contributed by atoms with Gasteiger partial charge in [0, 0.05) is 11.3 Å². The lowest BCUT2D eigenvalue weighted by molar-refractivity contribution is 0.666. The largest absolute Gasteiger partial charge is 0.366 e. The van der Waals surface area contributed by atoms with E-state index in [1.54, 1.807) is 0 Å². The predicted octanol–water partition coefficient (Wildman–Crippen LogP) is 9.64. The van der Waals surface area contributed by atoms with Crippen LogP contribution in [-0.2, 0) is 6.42 Å². The first-order chi connectivity index (χ1) is 20.8. The highest BCUT2D eigenvalue weighted by Gasteiger charge is 2.17. The minimum Gasteiger partial charge on any atom is -0.366 e. The van der Waals surface area contributed by atoms with Crippen molar-refractivity contribution in [1.29, 1.82) is 0 Å². The Bertz CT molecular complexity index is 2040. The number of hydrogen-bond acceptors (Lipinski definition) is 2. The van der Waals surface area contributed by atoms with Crippen LogP contribution in [0.15, 0.2) is 158 Å².